The van der Waals surface area contributed by atoms with E-state index >= 15 is 0 Å². The number of aromatic nitrogens is 1. The van der Waals surface area contributed by atoms with Gasteiger partial charge in [-0.15, -0.1) is 0 Å². The zero-order valence-corrected chi connectivity index (χ0v) is 15.8. The lowest BCUT2D eigenvalue weighted by Gasteiger charge is -2.23. The number of rotatable bonds is 7. The summed E-state index contributed by atoms with van der Waals surface area (Å²) < 4.78 is 5.19. The van der Waals surface area contributed by atoms with Crippen molar-refractivity contribution in [2.45, 2.75) is 59.5 Å². The van der Waals surface area contributed by atoms with E-state index in [1.165, 1.54) is 0 Å². The van der Waals surface area contributed by atoms with E-state index in [-0.39, 0.29) is 18.1 Å². The normalized spacial score (nSPS) is 13.5. The van der Waals surface area contributed by atoms with Crippen LogP contribution in [0.15, 0.2) is 34.9 Å². The topological polar surface area (TPSA) is 67.2 Å². The maximum atomic E-state index is 12.5. The Morgan fingerprint density at radius 2 is 1.80 bits per heavy atom. The lowest BCUT2D eigenvalue weighted by molar-refractivity contribution is 0.232. The monoisotopic (exact) mass is 343 g/mol. The summed E-state index contributed by atoms with van der Waals surface area (Å²) in [4.78, 5) is 12.5. The van der Waals surface area contributed by atoms with Crippen molar-refractivity contribution in [3.05, 3.63) is 52.9 Å². The summed E-state index contributed by atoms with van der Waals surface area (Å²) in [5, 5.41) is 10.1. The first-order valence-corrected chi connectivity index (χ1v) is 8.90. The summed E-state index contributed by atoms with van der Waals surface area (Å²) in [5.74, 6) is 1.30. The molecule has 2 rings (SSSR count). The summed E-state index contributed by atoms with van der Waals surface area (Å²) in [7, 11) is 0. The molecule has 0 saturated heterocycles. The van der Waals surface area contributed by atoms with E-state index in [0.717, 1.165) is 29.0 Å². The minimum absolute atomic E-state index is 0.00691. The Morgan fingerprint density at radius 3 is 2.36 bits per heavy atom. The van der Waals surface area contributed by atoms with E-state index < -0.39 is 0 Å². The van der Waals surface area contributed by atoms with Crippen molar-refractivity contribution < 1.29 is 9.32 Å². The van der Waals surface area contributed by atoms with Crippen molar-refractivity contribution in [2.75, 3.05) is 0 Å². The first-order valence-electron chi connectivity index (χ1n) is 8.90. The van der Waals surface area contributed by atoms with Crippen molar-refractivity contribution in [1.29, 1.82) is 0 Å². The Labute approximate surface area is 150 Å². The van der Waals surface area contributed by atoms with Crippen molar-refractivity contribution >= 4 is 6.03 Å². The first kappa shape index (κ1) is 19.0. The van der Waals surface area contributed by atoms with E-state index in [4.69, 9.17) is 4.52 Å². The van der Waals surface area contributed by atoms with Gasteiger partial charge in [0.25, 0.3) is 0 Å². The van der Waals surface area contributed by atoms with Gasteiger partial charge in [-0.05, 0) is 45.1 Å². The number of hydrogen-bond donors (Lipinski definition) is 2. The molecule has 136 valence electrons. The van der Waals surface area contributed by atoms with Crippen LogP contribution in [0.3, 0.4) is 0 Å². The molecule has 1 aromatic carbocycles. The Morgan fingerprint density at radius 1 is 1.12 bits per heavy atom. The SMILES string of the molecule is Cc1noc(C)c1C[C@@H](C)NC(=O)N[C@@H](CC(C)C)c1ccccc1. The molecule has 0 bridgehead atoms. The van der Waals surface area contributed by atoms with Gasteiger partial charge in [-0.1, -0.05) is 49.3 Å². The van der Waals surface area contributed by atoms with Gasteiger partial charge in [0.15, 0.2) is 0 Å². The molecule has 2 atom stereocenters. The second kappa shape index (κ2) is 8.70. The Hall–Kier alpha value is -2.30. The molecular weight excluding hydrogens is 314 g/mol. The Kier molecular flexibility index (Phi) is 6.62. The zero-order chi connectivity index (χ0) is 18.4. The summed E-state index contributed by atoms with van der Waals surface area (Å²) in [6.07, 6.45) is 1.60. The number of amides is 2. The van der Waals surface area contributed by atoms with Crippen molar-refractivity contribution in [3.63, 3.8) is 0 Å². The maximum Gasteiger partial charge on any atom is 0.315 e. The predicted molar refractivity (Wildman–Crippen MR) is 99.4 cm³/mol. The molecule has 0 aliphatic carbocycles. The molecule has 0 fully saturated rings. The number of benzene rings is 1. The van der Waals surface area contributed by atoms with Gasteiger partial charge in [0.2, 0.25) is 0 Å². The van der Waals surface area contributed by atoms with Gasteiger partial charge in [-0.3, -0.25) is 0 Å². The third-order valence-corrected chi connectivity index (χ3v) is 4.28. The summed E-state index contributed by atoms with van der Waals surface area (Å²) in [6.45, 7) is 10.1. The van der Waals surface area contributed by atoms with Gasteiger partial charge in [0.1, 0.15) is 5.76 Å². The predicted octanol–water partition coefficient (Wildman–Crippen LogP) is 4.31. The average Bonchev–Trinajstić information content (AvgIpc) is 2.86. The minimum atomic E-state index is -0.145. The fourth-order valence-electron chi connectivity index (χ4n) is 3.01. The highest BCUT2D eigenvalue weighted by Gasteiger charge is 2.18. The van der Waals surface area contributed by atoms with Crippen molar-refractivity contribution in [1.82, 2.24) is 15.8 Å². The van der Waals surface area contributed by atoms with Crippen LogP contribution in [-0.4, -0.2) is 17.2 Å². The molecule has 2 amide bonds. The molecule has 2 aromatic rings. The largest absolute Gasteiger partial charge is 0.361 e. The van der Waals surface area contributed by atoms with E-state index in [1.807, 2.05) is 39.0 Å². The molecule has 2 N–H and O–H groups in total. The van der Waals surface area contributed by atoms with Crippen LogP contribution in [0.25, 0.3) is 0 Å². The second-order valence-corrected chi connectivity index (χ2v) is 7.12. The molecule has 0 radical (unpaired) electrons. The molecule has 1 heterocycles. The molecule has 0 aliphatic rings. The van der Waals surface area contributed by atoms with Crippen LogP contribution in [0.1, 0.15) is 55.8 Å². The molecule has 5 heteroatoms. The number of carbonyl (C=O) groups excluding carboxylic acids is 1. The Balaban J connectivity index is 1.96. The molecule has 5 nitrogen and oxygen atoms in total. The van der Waals surface area contributed by atoms with Gasteiger partial charge in [-0.2, -0.15) is 0 Å². The molecule has 1 aromatic heterocycles. The number of urea groups is 1. The standard InChI is InChI=1S/C20H29N3O2/c1-13(2)11-19(17-9-7-6-8-10-17)22-20(24)21-14(3)12-18-15(4)23-25-16(18)5/h6-10,13-14,19H,11-12H2,1-5H3,(H2,21,22,24)/t14-,19+/m1/s1. The third-order valence-electron chi connectivity index (χ3n) is 4.28. The van der Waals surface area contributed by atoms with Crippen molar-refractivity contribution in [2.24, 2.45) is 5.92 Å². The van der Waals surface area contributed by atoms with Crippen molar-refractivity contribution in [3.8, 4) is 0 Å². The highest BCUT2D eigenvalue weighted by Crippen LogP contribution is 2.21. The summed E-state index contributed by atoms with van der Waals surface area (Å²) >= 11 is 0. The molecular formula is C20H29N3O2. The zero-order valence-electron chi connectivity index (χ0n) is 15.8. The van der Waals surface area contributed by atoms with Gasteiger partial charge in [-0.25, -0.2) is 4.79 Å². The van der Waals surface area contributed by atoms with Crippen LogP contribution in [-0.2, 0) is 6.42 Å². The van der Waals surface area contributed by atoms with Gasteiger partial charge < -0.3 is 15.2 Å². The summed E-state index contributed by atoms with van der Waals surface area (Å²) in [6, 6.07) is 9.96. The van der Waals surface area contributed by atoms with Crippen LogP contribution in [0.2, 0.25) is 0 Å². The van der Waals surface area contributed by atoms with Crippen LogP contribution >= 0.6 is 0 Å². The molecule has 0 unspecified atom stereocenters. The smallest absolute Gasteiger partial charge is 0.315 e. The van der Waals surface area contributed by atoms with E-state index in [9.17, 15) is 4.79 Å². The number of aryl methyl sites for hydroxylation is 2. The minimum Gasteiger partial charge on any atom is -0.361 e. The van der Waals surface area contributed by atoms with E-state index in [0.29, 0.717) is 12.3 Å². The van der Waals surface area contributed by atoms with Crippen LogP contribution < -0.4 is 10.6 Å². The number of carbonyl (C=O) groups is 1. The van der Waals surface area contributed by atoms with E-state index in [1.54, 1.807) is 0 Å². The van der Waals surface area contributed by atoms with Gasteiger partial charge in [0.05, 0.1) is 11.7 Å². The quantitative estimate of drug-likeness (QED) is 0.787. The van der Waals surface area contributed by atoms with E-state index in [2.05, 4.69) is 41.8 Å². The Bertz CT molecular complexity index is 660. The van der Waals surface area contributed by atoms with Gasteiger partial charge >= 0.3 is 6.03 Å². The summed E-state index contributed by atoms with van der Waals surface area (Å²) in [5.41, 5.74) is 3.08. The lowest BCUT2D eigenvalue weighted by Crippen LogP contribution is -2.43. The fourth-order valence-corrected chi connectivity index (χ4v) is 3.01. The number of hydrogen-bond acceptors (Lipinski definition) is 3. The van der Waals surface area contributed by atoms with Gasteiger partial charge in [0, 0.05) is 11.6 Å². The molecule has 0 spiro atoms. The fraction of sp³-hybridized carbons (Fsp3) is 0.500. The highest BCUT2D eigenvalue weighted by molar-refractivity contribution is 5.74. The molecule has 0 aliphatic heterocycles. The lowest BCUT2D eigenvalue weighted by atomic mass is 9.97. The number of nitrogens with zero attached hydrogens (tertiary/aromatic N) is 1. The first-order chi connectivity index (χ1) is 11.9. The van der Waals surface area contributed by atoms with Crippen LogP contribution in [0.4, 0.5) is 4.79 Å². The van der Waals surface area contributed by atoms with Crippen LogP contribution in [0, 0.1) is 19.8 Å². The van der Waals surface area contributed by atoms with Crippen LogP contribution in [0.5, 0.6) is 0 Å². The molecule has 25 heavy (non-hydrogen) atoms. The maximum absolute atomic E-state index is 12.5. The highest BCUT2D eigenvalue weighted by atomic mass is 16.5. The molecule has 0 saturated carbocycles. The second-order valence-electron chi connectivity index (χ2n) is 7.12. The average molecular weight is 343 g/mol. The third kappa shape index (κ3) is 5.62. The number of nitrogens with one attached hydrogen (secondary N) is 2.